The first kappa shape index (κ1) is 32.4. The fraction of sp³-hybridized carbons (Fsp3) is 0.639. The van der Waals surface area contributed by atoms with Crippen molar-refractivity contribution in [1.82, 2.24) is 14.7 Å². The molecular weight excluding hydrogens is 554 g/mol. The lowest BCUT2D eigenvalue weighted by atomic mass is 9.74. The largest absolute Gasteiger partial charge is 0.396 e. The topological polar surface area (TPSA) is 90.4 Å². The molecular formula is C36H51N3O5. The number of carbonyl (C=O) groups excluding carboxylic acids is 3. The number of likely N-dealkylation sites (tertiary alicyclic amines) is 1. The molecule has 1 unspecified atom stereocenters. The Labute approximate surface area is 263 Å². The van der Waals surface area contributed by atoms with E-state index in [1.165, 1.54) is 0 Å². The number of amides is 3. The molecule has 1 N–H and O–H groups in total. The summed E-state index contributed by atoms with van der Waals surface area (Å²) in [6.07, 6.45) is 11.7. The van der Waals surface area contributed by atoms with E-state index < -0.39 is 34.6 Å². The van der Waals surface area contributed by atoms with Gasteiger partial charge in [0.25, 0.3) is 0 Å². The number of rotatable bonds is 10. The number of fused-ring (bicyclic) bond motifs is 2. The van der Waals surface area contributed by atoms with Gasteiger partial charge in [0.05, 0.1) is 17.4 Å². The quantitative estimate of drug-likeness (QED) is 0.308. The van der Waals surface area contributed by atoms with Gasteiger partial charge in [0.2, 0.25) is 17.7 Å². The van der Waals surface area contributed by atoms with Crippen LogP contribution in [-0.4, -0.2) is 86.6 Å². The first-order chi connectivity index (χ1) is 20.7. The van der Waals surface area contributed by atoms with E-state index in [0.29, 0.717) is 39.0 Å². The number of ether oxygens (including phenoxy) is 1. The molecule has 2 saturated heterocycles. The maximum Gasteiger partial charge on any atom is 0.249 e. The third-order valence-corrected chi connectivity index (χ3v) is 9.86. The SMILES string of the molecule is CC(C)(C)CC(C)(C)N1CC=C[C@]23O[C@]4(C)C=CCN(Cc5ccccc5)C(=O)[C@@H]4[C@H]2C(=O)N(CCCCCCO)C3C1=O. The van der Waals surface area contributed by atoms with E-state index in [0.717, 1.165) is 24.8 Å². The summed E-state index contributed by atoms with van der Waals surface area (Å²) in [4.78, 5) is 49.4. The fourth-order valence-corrected chi connectivity index (χ4v) is 8.44. The molecule has 0 saturated carbocycles. The van der Waals surface area contributed by atoms with Gasteiger partial charge in [-0.25, -0.2) is 0 Å². The maximum absolute atomic E-state index is 14.8. The highest BCUT2D eigenvalue weighted by atomic mass is 16.5. The van der Waals surface area contributed by atoms with Crippen molar-refractivity contribution in [3.63, 3.8) is 0 Å². The smallest absolute Gasteiger partial charge is 0.249 e. The molecule has 0 bridgehead atoms. The summed E-state index contributed by atoms with van der Waals surface area (Å²) in [7, 11) is 0. The van der Waals surface area contributed by atoms with E-state index in [-0.39, 0.29) is 29.7 Å². The zero-order valence-corrected chi connectivity index (χ0v) is 27.4. The van der Waals surface area contributed by atoms with Crippen molar-refractivity contribution in [3.8, 4) is 0 Å². The van der Waals surface area contributed by atoms with Crippen LogP contribution in [0, 0.1) is 17.3 Å². The lowest BCUT2D eigenvalue weighted by Crippen LogP contribution is -2.60. The van der Waals surface area contributed by atoms with E-state index in [2.05, 4.69) is 34.6 Å². The second-order valence-corrected chi connectivity index (χ2v) is 15.2. The van der Waals surface area contributed by atoms with Crippen LogP contribution in [0.25, 0.3) is 0 Å². The number of carbonyl (C=O) groups is 3. The summed E-state index contributed by atoms with van der Waals surface area (Å²) in [5, 5.41) is 9.25. The van der Waals surface area contributed by atoms with Gasteiger partial charge in [-0.15, -0.1) is 0 Å². The predicted octanol–water partition coefficient (Wildman–Crippen LogP) is 4.72. The summed E-state index contributed by atoms with van der Waals surface area (Å²) >= 11 is 0. The molecule has 3 amide bonds. The minimum absolute atomic E-state index is 0.0120. The maximum atomic E-state index is 14.8. The molecule has 5 rings (SSSR count). The third-order valence-electron chi connectivity index (χ3n) is 9.86. The minimum atomic E-state index is -1.25. The Morgan fingerprint density at radius 1 is 0.864 bits per heavy atom. The van der Waals surface area contributed by atoms with Crippen LogP contribution in [0.3, 0.4) is 0 Å². The number of hydrogen-bond acceptors (Lipinski definition) is 5. The molecule has 1 aromatic carbocycles. The second-order valence-electron chi connectivity index (χ2n) is 15.2. The van der Waals surface area contributed by atoms with Gasteiger partial charge in [0.1, 0.15) is 11.6 Å². The van der Waals surface area contributed by atoms with Crippen LogP contribution in [0.2, 0.25) is 0 Å². The highest BCUT2D eigenvalue weighted by Gasteiger charge is 2.74. The van der Waals surface area contributed by atoms with E-state index in [1.54, 1.807) is 4.90 Å². The second kappa shape index (κ2) is 12.1. The van der Waals surface area contributed by atoms with Gasteiger partial charge in [0.15, 0.2) is 0 Å². The lowest BCUT2D eigenvalue weighted by molar-refractivity contribution is -0.156. The molecule has 1 spiro atoms. The number of unbranched alkanes of at least 4 members (excludes halogenated alkanes) is 3. The molecule has 8 heteroatoms. The van der Waals surface area contributed by atoms with Gasteiger partial charge < -0.3 is 24.5 Å². The Balaban J connectivity index is 1.54. The van der Waals surface area contributed by atoms with Gasteiger partial charge >= 0.3 is 0 Å². The summed E-state index contributed by atoms with van der Waals surface area (Å²) < 4.78 is 7.01. The Morgan fingerprint density at radius 3 is 2.23 bits per heavy atom. The Bertz CT molecular complexity index is 1300. The number of aliphatic hydroxyl groups excluding tert-OH is 1. The van der Waals surface area contributed by atoms with Crippen molar-refractivity contribution in [2.45, 2.75) is 103 Å². The highest BCUT2D eigenvalue weighted by molar-refractivity contribution is 6.00. The zero-order chi connectivity index (χ0) is 31.9. The predicted molar refractivity (Wildman–Crippen MR) is 170 cm³/mol. The van der Waals surface area contributed by atoms with Crippen LogP contribution in [0.4, 0.5) is 0 Å². The van der Waals surface area contributed by atoms with Crippen LogP contribution >= 0.6 is 0 Å². The van der Waals surface area contributed by atoms with E-state index in [4.69, 9.17) is 4.74 Å². The first-order valence-electron chi connectivity index (χ1n) is 16.4. The Hall–Kier alpha value is -2.97. The minimum Gasteiger partial charge on any atom is -0.396 e. The van der Waals surface area contributed by atoms with E-state index >= 15 is 0 Å². The average molecular weight is 606 g/mol. The Morgan fingerprint density at radius 2 is 1.55 bits per heavy atom. The summed E-state index contributed by atoms with van der Waals surface area (Å²) in [5.74, 6) is -1.98. The molecule has 4 aliphatic rings. The fourth-order valence-electron chi connectivity index (χ4n) is 8.44. The third kappa shape index (κ3) is 5.87. The standard InChI is InChI=1S/C36H51N3O5/c1-33(2,3)25-34(4,5)39-22-15-19-36-28(31(42)38(29(36)32(39)43)21-12-7-8-13-23-40)27-30(41)37(20-14-18-35(27,6)44-36)24-26-16-10-9-11-17-26/h9-11,14-19,27-29,40H,7-8,12-13,20-25H2,1-6H3/t27-,28-,29?,35+,36-/m0/s1. The molecule has 8 nitrogen and oxygen atoms in total. The molecule has 0 aliphatic carbocycles. The van der Waals surface area contributed by atoms with Gasteiger partial charge in [-0.3, -0.25) is 14.4 Å². The average Bonchev–Trinajstić information content (AvgIpc) is 3.20. The molecule has 4 heterocycles. The number of benzene rings is 1. The summed E-state index contributed by atoms with van der Waals surface area (Å²) in [6, 6.07) is 9.03. The molecule has 2 fully saturated rings. The van der Waals surface area contributed by atoms with Crippen molar-refractivity contribution in [2.24, 2.45) is 17.3 Å². The molecule has 5 atom stereocenters. The lowest BCUT2D eigenvalue weighted by Gasteiger charge is -2.44. The summed E-state index contributed by atoms with van der Waals surface area (Å²) in [5.41, 5.74) is -1.74. The molecule has 1 aromatic rings. The normalized spacial score (nSPS) is 30.4. The number of hydrogen-bond donors (Lipinski definition) is 1. The molecule has 0 aromatic heterocycles. The number of aliphatic hydroxyl groups is 1. The van der Waals surface area contributed by atoms with Crippen LogP contribution in [0.15, 0.2) is 54.6 Å². The first-order valence-corrected chi connectivity index (χ1v) is 16.4. The van der Waals surface area contributed by atoms with Gasteiger partial charge in [-0.1, -0.05) is 88.2 Å². The van der Waals surface area contributed by atoms with E-state index in [1.807, 2.05) is 71.4 Å². The van der Waals surface area contributed by atoms with Crippen LogP contribution in [-0.2, 0) is 25.7 Å². The van der Waals surface area contributed by atoms with Crippen molar-refractivity contribution in [1.29, 1.82) is 0 Å². The van der Waals surface area contributed by atoms with Crippen LogP contribution in [0.1, 0.15) is 79.2 Å². The van der Waals surface area contributed by atoms with Crippen molar-refractivity contribution in [3.05, 3.63) is 60.2 Å². The van der Waals surface area contributed by atoms with Gasteiger partial charge in [0, 0.05) is 38.3 Å². The highest BCUT2D eigenvalue weighted by Crippen LogP contribution is 2.58. The molecule has 4 aliphatic heterocycles. The van der Waals surface area contributed by atoms with Crippen molar-refractivity contribution < 1.29 is 24.2 Å². The number of nitrogens with zero attached hydrogens (tertiary/aromatic N) is 3. The van der Waals surface area contributed by atoms with Crippen LogP contribution < -0.4 is 0 Å². The Kier molecular flexibility index (Phi) is 8.91. The van der Waals surface area contributed by atoms with E-state index in [9.17, 15) is 19.5 Å². The van der Waals surface area contributed by atoms with Gasteiger partial charge in [-0.2, -0.15) is 0 Å². The molecule has 240 valence electrons. The van der Waals surface area contributed by atoms with Gasteiger partial charge in [-0.05, 0) is 51.0 Å². The molecule has 0 radical (unpaired) electrons. The monoisotopic (exact) mass is 605 g/mol. The molecule has 44 heavy (non-hydrogen) atoms. The zero-order valence-electron chi connectivity index (χ0n) is 27.4. The van der Waals surface area contributed by atoms with Crippen molar-refractivity contribution in [2.75, 3.05) is 26.2 Å². The summed E-state index contributed by atoms with van der Waals surface area (Å²) in [6.45, 7) is 14.5. The van der Waals surface area contributed by atoms with Crippen LogP contribution in [0.5, 0.6) is 0 Å². The van der Waals surface area contributed by atoms with Crippen molar-refractivity contribution >= 4 is 17.7 Å².